The van der Waals surface area contributed by atoms with Crippen LogP contribution in [-0.4, -0.2) is 40.6 Å². The van der Waals surface area contributed by atoms with Gasteiger partial charge in [0.2, 0.25) is 0 Å². The molecule has 0 aromatic heterocycles. The predicted molar refractivity (Wildman–Crippen MR) is 69.4 cm³/mol. The van der Waals surface area contributed by atoms with Crippen LogP contribution >= 0.6 is 0 Å². The van der Waals surface area contributed by atoms with Gasteiger partial charge in [0, 0.05) is 12.6 Å². The van der Waals surface area contributed by atoms with E-state index in [1.807, 2.05) is 6.92 Å². The minimum atomic E-state index is -0.913. The Hall–Kier alpha value is -1.52. The molecule has 0 bridgehead atoms. The molecule has 1 saturated heterocycles. The highest BCUT2D eigenvalue weighted by atomic mass is 16.4. The monoisotopic (exact) mass is 254 g/mol. The summed E-state index contributed by atoms with van der Waals surface area (Å²) < 4.78 is 0. The van der Waals surface area contributed by atoms with Crippen molar-refractivity contribution < 1.29 is 14.7 Å². The van der Waals surface area contributed by atoms with E-state index in [0.29, 0.717) is 19.4 Å². The van der Waals surface area contributed by atoms with Gasteiger partial charge in [-0.25, -0.2) is 9.59 Å². The average molecular weight is 254 g/mol. The summed E-state index contributed by atoms with van der Waals surface area (Å²) in [6.45, 7) is 6.02. The molecule has 102 valence electrons. The van der Waals surface area contributed by atoms with Crippen molar-refractivity contribution in [1.29, 1.82) is 0 Å². The van der Waals surface area contributed by atoms with E-state index < -0.39 is 12.0 Å². The predicted octanol–water partition coefficient (Wildman–Crippen LogP) is 1.99. The van der Waals surface area contributed by atoms with E-state index in [4.69, 9.17) is 0 Å². The van der Waals surface area contributed by atoms with Crippen LogP contribution in [0.5, 0.6) is 0 Å². The fraction of sp³-hybridized carbons (Fsp3) is 0.692. The molecule has 1 heterocycles. The van der Waals surface area contributed by atoms with Gasteiger partial charge in [0.05, 0.1) is 0 Å². The number of amides is 2. The van der Waals surface area contributed by atoms with Crippen molar-refractivity contribution in [2.45, 2.75) is 51.1 Å². The first-order valence-electron chi connectivity index (χ1n) is 6.47. The lowest BCUT2D eigenvalue weighted by atomic mass is 10.1. The molecule has 2 N–H and O–H groups in total. The molecule has 1 aliphatic heterocycles. The van der Waals surface area contributed by atoms with Crippen LogP contribution < -0.4 is 5.32 Å². The van der Waals surface area contributed by atoms with Crippen LogP contribution in [0.2, 0.25) is 0 Å². The molecule has 2 unspecified atom stereocenters. The molecule has 18 heavy (non-hydrogen) atoms. The number of urea groups is 1. The summed E-state index contributed by atoms with van der Waals surface area (Å²) in [5.41, 5.74) is 0. The number of likely N-dealkylation sites (tertiary alicyclic amines) is 1. The zero-order valence-corrected chi connectivity index (χ0v) is 10.9. The molecule has 2 amide bonds. The van der Waals surface area contributed by atoms with Gasteiger partial charge in [-0.1, -0.05) is 18.9 Å². The number of hydrogen-bond donors (Lipinski definition) is 2. The first kappa shape index (κ1) is 14.5. The fourth-order valence-electron chi connectivity index (χ4n) is 2.21. The van der Waals surface area contributed by atoms with Crippen molar-refractivity contribution in [3.05, 3.63) is 12.7 Å². The third kappa shape index (κ3) is 4.05. The molecule has 0 radical (unpaired) electrons. The molecule has 5 heteroatoms. The van der Waals surface area contributed by atoms with Crippen LogP contribution in [-0.2, 0) is 4.79 Å². The summed E-state index contributed by atoms with van der Waals surface area (Å²) in [7, 11) is 0. The van der Waals surface area contributed by atoms with E-state index in [9.17, 15) is 14.7 Å². The number of carboxylic acids is 1. The number of carbonyl (C=O) groups excluding carboxylic acids is 1. The van der Waals surface area contributed by atoms with Gasteiger partial charge in [-0.15, -0.1) is 6.58 Å². The molecule has 1 fully saturated rings. The van der Waals surface area contributed by atoms with Gasteiger partial charge in [0.15, 0.2) is 0 Å². The summed E-state index contributed by atoms with van der Waals surface area (Å²) in [4.78, 5) is 24.7. The third-order valence-electron chi connectivity index (χ3n) is 3.19. The third-order valence-corrected chi connectivity index (χ3v) is 3.19. The lowest BCUT2D eigenvalue weighted by Gasteiger charge is -2.28. The Labute approximate surface area is 108 Å². The second-order valence-electron chi connectivity index (χ2n) is 4.77. The smallest absolute Gasteiger partial charge is 0.326 e. The second kappa shape index (κ2) is 7.03. The first-order chi connectivity index (χ1) is 8.56. The number of aliphatic carboxylic acids is 1. The van der Waals surface area contributed by atoms with Gasteiger partial charge in [-0.05, 0) is 26.2 Å². The van der Waals surface area contributed by atoms with Crippen molar-refractivity contribution in [2.24, 2.45) is 0 Å². The summed E-state index contributed by atoms with van der Waals surface area (Å²) in [5, 5.41) is 12.0. The Kier molecular flexibility index (Phi) is 5.68. The minimum Gasteiger partial charge on any atom is -0.480 e. The Balaban J connectivity index is 2.66. The number of carboxylic acid groups (broad SMARTS) is 1. The lowest BCUT2D eigenvalue weighted by Crippen LogP contribution is -2.51. The molecule has 0 aromatic rings. The van der Waals surface area contributed by atoms with Crippen LogP contribution in [0.4, 0.5) is 4.79 Å². The zero-order chi connectivity index (χ0) is 13.5. The number of nitrogens with one attached hydrogen (secondary N) is 1. The van der Waals surface area contributed by atoms with E-state index >= 15 is 0 Å². The van der Waals surface area contributed by atoms with E-state index in [-0.39, 0.29) is 12.1 Å². The van der Waals surface area contributed by atoms with E-state index in [1.54, 1.807) is 6.08 Å². The summed E-state index contributed by atoms with van der Waals surface area (Å²) >= 11 is 0. The molecular weight excluding hydrogens is 232 g/mol. The number of nitrogens with zero attached hydrogens (tertiary/aromatic N) is 1. The topological polar surface area (TPSA) is 69.6 Å². The normalized spacial score (nSPS) is 21.8. The van der Waals surface area contributed by atoms with Crippen molar-refractivity contribution in [3.63, 3.8) is 0 Å². The molecule has 1 rings (SSSR count). The molecule has 2 atom stereocenters. The molecule has 5 nitrogen and oxygen atoms in total. The van der Waals surface area contributed by atoms with Gasteiger partial charge in [0.25, 0.3) is 0 Å². The van der Waals surface area contributed by atoms with Crippen LogP contribution in [0, 0.1) is 0 Å². The molecule has 0 aromatic carbocycles. The summed E-state index contributed by atoms with van der Waals surface area (Å²) in [6, 6.07) is -0.991. The van der Waals surface area contributed by atoms with Crippen molar-refractivity contribution in [2.75, 3.05) is 6.54 Å². The maximum absolute atomic E-state index is 12.1. The maximum atomic E-state index is 12.1. The highest BCUT2D eigenvalue weighted by Gasteiger charge is 2.30. The zero-order valence-electron chi connectivity index (χ0n) is 10.9. The lowest BCUT2D eigenvalue weighted by molar-refractivity contribution is -0.142. The summed E-state index contributed by atoms with van der Waals surface area (Å²) in [6.07, 6.45) is 5.67. The van der Waals surface area contributed by atoms with Crippen molar-refractivity contribution >= 4 is 12.0 Å². The van der Waals surface area contributed by atoms with E-state index in [2.05, 4.69) is 11.9 Å². The van der Waals surface area contributed by atoms with Gasteiger partial charge >= 0.3 is 12.0 Å². The van der Waals surface area contributed by atoms with Gasteiger partial charge in [-0.2, -0.15) is 0 Å². The molecular formula is C13H22N2O3. The van der Waals surface area contributed by atoms with E-state index in [0.717, 1.165) is 19.3 Å². The quantitative estimate of drug-likeness (QED) is 0.754. The van der Waals surface area contributed by atoms with Crippen LogP contribution in [0.25, 0.3) is 0 Å². The van der Waals surface area contributed by atoms with Crippen LogP contribution in [0.15, 0.2) is 12.7 Å². The molecule has 0 saturated carbocycles. The molecule has 0 aliphatic carbocycles. The Morgan fingerprint density at radius 2 is 2.22 bits per heavy atom. The van der Waals surface area contributed by atoms with Crippen molar-refractivity contribution in [1.82, 2.24) is 10.2 Å². The van der Waals surface area contributed by atoms with E-state index in [1.165, 1.54) is 4.90 Å². The summed E-state index contributed by atoms with van der Waals surface area (Å²) in [5.74, 6) is -0.913. The maximum Gasteiger partial charge on any atom is 0.326 e. The molecule has 1 aliphatic rings. The standard InChI is InChI=1S/C13H22N2O3/c1-3-7-10(2)14-13(18)15-9-6-4-5-8-11(15)12(16)17/h3,10-11H,1,4-9H2,2H3,(H,14,18)(H,16,17). The van der Waals surface area contributed by atoms with Crippen LogP contribution in [0.3, 0.4) is 0 Å². The average Bonchev–Trinajstić information content (AvgIpc) is 2.54. The number of rotatable bonds is 4. The van der Waals surface area contributed by atoms with Gasteiger partial charge in [0.1, 0.15) is 6.04 Å². The Morgan fingerprint density at radius 3 is 2.83 bits per heavy atom. The SMILES string of the molecule is C=CCC(C)NC(=O)N1CCCCCC1C(=O)O. The second-order valence-corrected chi connectivity index (χ2v) is 4.77. The molecule has 0 spiro atoms. The largest absolute Gasteiger partial charge is 0.480 e. The first-order valence-corrected chi connectivity index (χ1v) is 6.47. The van der Waals surface area contributed by atoms with Gasteiger partial charge < -0.3 is 15.3 Å². The van der Waals surface area contributed by atoms with Gasteiger partial charge in [-0.3, -0.25) is 0 Å². The highest BCUT2D eigenvalue weighted by Crippen LogP contribution is 2.17. The van der Waals surface area contributed by atoms with Crippen molar-refractivity contribution in [3.8, 4) is 0 Å². The van der Waals surface area contributed by atoms with Crippen LogP contribution in [0.1, 0.15) is 39.0 Å². The fourth-order valence-corrected chi connectivity index (χ4v) is 2.21. The highest BCUT2D eigenvalue weighted by molar-refractivity contribution is 5.82. The number of hydrogen-bond acceptors (Lipinski definition) is 2. The Bertz CT molecular complexity index is 317. The minimum absolute atomic E-state index is 0.0207. The number of carbonyl (C=O) groups is 2. The Morgan fingerprint density at radius 1 is 1.50 bits per heavy atom.